The van der Waals surface area contributed by atoms with Crippen molar-refractivity contribution >= 4 is 41.0 Å². The molecule has 0 saturated carbocycles. The first kappa shape index (κ1) is 19.7. The van der Waals surface area contributed by atoms with Gasteiger partial charge in [0.05, 0.1) is 16.3 Å². The van der Waals surface area contributed by atoms with Crippen LogP contribution in [0.25, 0.3) is 6.08 Å². The Hall–Kier alpha value is -4.59. The summed E-state index contributed by atoms with van der Waals surface area (Å²) in [7, 11) is 0. The number of benzene rings is 3. The van der Waals surface area contributed by atoms with Gasteiger partial charge in [-0.2, -0.15) is 0 Å². The second-order valence-corrected chi connectivity index (χ2v) is 6.64. The summed E-state index contributed by atoms with van der Waals surface area (Å²) in [6.07, 6.45) is 1.26. The largest absolute Gasteiger partial charge is 0.343 e. The zero-order valence-corrected chi connectivity index (χ0v) is 16.0. The second-order valence-electron chi connectivity index (χ2n) is 6.64. The van der Waals surface area contributed by atoms with E-state index >= 15 is 0 Å². The average Bonchev–Trinajstić information content (AvgIpc) is 2.78. The summed E-state index contributed by atoms with van der Waals surface area (Å²) >= 11 is 0. The van der Waals surface area contributed by atoms with Crippen LogP contribution in [-0.2, 0) is 9.59 Å². The van der Waals surface area contributed by atoms with Gasteiger partial charge in [0.2, 0.25) is 0 Å². The van der Waals surface area contributed by atoms with Crippen molar-refractivity contribution in [2.75, 3.05) is 9.80 Å². The quantitative estimate of drug-likeness (QED) is 0.276. The molecular formula is C23H15N3O5. The van der Waals surface area contributed by atoms with E-state index in [-0.39, 0.29) is 11.3 Å². The fourth-order valence-corrected chi connectivity index (χ4v) is 3.23. The molecule has 4 amide bonds. The topological polar surface area (TPSA) is 101 Å². The van der Waals surface area contributed by atoms with Crippen LogP contribution in [0.3, 0.4) is 0 Å². The number of carbonyl (C=O) groups is 3. The number of anilines is 2. The average molecular weight is 413 g/mol. The van der Waals surface area contributed by atoms with Crippen LogP contribution in [0.4, 0.5) is 21.9 Å². The summed E-state index contributed by atoms with van der Waals surface area (Å²) in [6, 6.07) is 21.2. The molecule has 1 saturated heterocycles. The highest BCUT2D eigenvalue weighted by Crippen LogP contribution is 2.29. The van der Waals surface area contributed by atoms with Gasteiger partial charge >= 0.3 is 6.03 Å². The lowest BCUT2D eigenvalue weighted by atomic mass is 10.0. The number of nitro groups is 1. The van der Waals surface area contributed by atoms with Crippen molar-refractivity contribution in [1.29, 1.82) is 0 Å². The first-order valence-corrected chi connectivity index (χ1v) is 9.26. The van der Waals surface area contributed by atoms with Gasteiger partial charge in [-0.05, 0) is 35.9 Å². The molecule has 3 aromatic carbocycles. The van der Waals surface area contributed by atoms with Crippen LogP contribution in [0.2, 0.25) is 0 Å². The molecule has 1 fully saturated rings. The Morgan fingerprint density at radius 1 is 0.710 bits per heavy atom. The number of nitrogens with zero attached hydrogens (tertiary/aromatic N) is 3. The Morgan fingerprint density at radius 2 is 1.23 bits per heavy atom. The van der Waals surface area contributed by atoms with E-state index in [9.17, 15) is 24.5 Å². The van der Waals surface area contributed by atoms with Gasteiger partial charge in [0.25, 0.3) is 17.5 Å². The molecule has 0 radical (unpaired) electrons. The zero-order valence-electron chi connectivity index (χ0n) is 16.0. The maximum atomic E-state index is 13.2. The highest BCUT2D eigenvalue weighted by molar-refractivity contribution is 6.46. The van der Waals surface area contributed by atoms with E-state index < -0.39 is 22.8 Å². The molecule has 8 nitrogen and oxygen atoms in total. The number of nitro benzene ring substituents is 1. The molecule has 0 spiro atoms. The molecule has 1 heterocycles. The molecule has 1 aliphatic rings. The number of rotatable bonds is 4. The van der Waals surface area contributed by atoms with Crippen LogP contribution in [0.15, 0.2) is 90.5 Å². The summed E-state index contributed by atoms with van der Waals surface area (Å²) < 4.78 is 0. The molecule has 0 unspecified atom stereocenters. The van der Waals surface area contributed by atoms with Crippen molar-refractivity contribution in [1.82, 2.24) is 0 Å². The monoisotopic (exact) mass is 413 g/mol. The first-order chi connectivity index (χ1) is 15.0. The van der Waals surface area contributed by atoms with Crippen molar-refractivity contribution in [3.05, 3.63) is 106 Å². The number of hydrogen-bond acceptors (Lipinski definition) is 5. The molecular weight excluding hydrogens is 398 g/mol. The van der Waals surface area contributed by atoms with Gasteiger partial charge in [0, 0.05) is 12.1 Å². The van der Waals surface area contributed by atoms with E-state index in [0.717, 1.165) is 9.80 Å². The minimum atomic E-state index is -0.806. The van der Waals surface area contributed by atoms with Crippen LogP contribution < -0.4 is 9.80 Å². The Labute approximate surface area is 176 Å². The van der Waals surface area contributed by atoms with Crippen LogP contribution in [0.1, 0.15) is 5.56 Å². The number of urea groups is 1. The molecule has 4 rings (SSSR count). The second kappa shape index (κ2) is 8.03. The Balaban J connectivity index is 1.86. The highest BCUT2D eigenvalue weighted by Gasteiger charge is 2.43. The van der Waals surface area contributed by atoms with Crippen LogP contribution in [-0.4, -0.2) is 22.8 Å². The maximum Gasteiger partial charge on any atom is 0.343 e. The third kappa shape index (κ3) is 3.69. The summed E-state index contributed by atoms with van der Waals surface area (Å²) in [4.78, 5) is 51.9. The van der Waals surface area contributed by atoms with Gasteiger partial charge in [-0.3, -0.25) is 19.7 Å². The number of barbiturate groups is 1. The molecule has 0 atom stereocenters. The lowest BCUT2D eigenvalue weighted by molar-refractivity contribution is -0.384. The molecule has 152 valence electrons. The lowest BCUT2D eigenvalue weighted by Crippen LogP contribution is -2.57. The minimum absolute atomic E-state index is 0.180. The molecule has 0 bridgehead atoms. The molecule has 31 heavy (non-hydrogen) atoms. The SMILES string of the molecule is O=C1C(=Cc2cccc([N+](=O)[O-])c2)C(=O)N(c2ccccc2)C(=O)N1c1ccccc1. The third-order valence-electron chi connectivity index (χ3n) is 4.67. The van der Waals surface area contributed by atoms with E-state index in [0.29, 0.717) is 16.9 Å². The van der Waals surface area contributed by atoms with Crippen molar-refractivity contribution in [3.63, 3.8) is 0 Å². The fourth-order valence-electron chi connectivity index (χ4n) is 3.23. The standard InChI is InChI=1S/C23H15N3O5/c27-21-20(15-16-8-7-13-19(14-16)26(30)31)22(28)25(18-11-5-2-6-12-18)23(29)24(21)17-9-3-1-4-10-17/h1-15H. The molecule has 0 aliphatic carbocycles. The predicted octanol–water partition coefficient (Wildman–Crippen LogP) is 4.18. The van der Waals surface area contributed by atoms with E-state index in [2.05, 4.69) is 0 Å². The van der Waals surface area contributed by atoms with Crippen molar-refractivity contribution < 1.29 is 19.3 Å². The smallest absolute Gasteiger partial charge is 0.268 e. The number of non-ortho nitro benzene ring substituents is 1. The van der Waals surface area contributed by atoms with E-state index in [1.54, 1.807) is 60.7 Å². The number of amides is 4. The van der Waals surface area contributed by atoms with Crippen molar-refractivity contribution in [2.24, 2.45) is 0 Å². The molecule has 1 aliphatic heterocycles. The maximum absolute atomic E-state index is 13.2. The van der Waals surface area contributed by atoms with Gasteiger partial charge in [-0.1, -0.05) is 48.5 Å². The summed E-state index contributed by atoms with van der Waals surface area (Å²) in [6.45, 7) is 0. The zero-order chi connectivity index (χ0) is 22.0. The molecule has 3 aromatic rings. The number of para-hydroxylation sites is 2. The normalized spacial score (nSPS) is 14.1. The Bertz CT molecular complexity index is 1160. The summed E-state index contributed by atoms with van der Waals surface area (Å²) in [5.74, 6) is -1.61. The van der Waals surface area contributed by atoms with Crippen molar-refractivity contribution in [3.8, 4) is 0 Å². The Kier molecular flexibility index (Phi) is 5.11. The molecule has 0 N–H and O–H groups in total. The minimum Gasteiger partial charge on any atom is -0.268 e. The van der Waals surface area contributed by atoms with Gasteiger partial charge in [0.1, 0.15) is 5.57 Å². The van der Waals surface area contributed by atoms with E-state index in [4.69, 9.17) is 0 Å². The van der Waals surface area contributed by atoms with E-state index in [1.165, 1.54) is 30.3 Å². The summed E-state index contributed by atoms with van der Waals surface area (Å²) in [5.41, 5.74) is 0.432. The van der Waals surface area contributed by atoms with Gasteiger partial charge in [0.15, 0.2) is 0 Å². The number of imide groups is 2. The first-order valence-electron chi connectivity index (χ1n) is 9.26. The third-order valence-corrected chi connectivity index (χ3v) is 4.67. The lowest BCUT2D eigenvalue weighted by Gasteiger charge is -2.33. The van der Waals surface area contributed by atoms with Gasteiger partial charge in [-0.25, -0.2) is 14.6 Å². The molecule has 8 heteroatoms. The molecule has 0 aromatic heterocycles. The number of hydrogen-bond donors (Lipinski definition) is 0. The van der Waals surface area contributed by atoms with Gasteiger partial charge < -0.3 is 0 Å². The fraction of sp³-hybridized carbons (Fsp3) is 0. The highest BCUT2D eigenvalue weighted by atomic mass is 16.6. The van der Waals surface area contributed by atoms with Crippen LogP contribution in [0.5, 0.6) is 0 Å². The van der Waals surface area contributed by atoms with Gasteiger partial charge in [-0.15, -0.1) is 0 Å². The van der Waals surface area contributed by atoms with Crippen LogP contribution in [0, 0.1) is 10.1 Å². The van der Waals surface area contributed by atoms with E-state index in [1.807, 2.05) is 0 Å². The summed E-state index contributed by atoms with van der Waals surface area (Å²) in [5, 5.41) is 11.1. The van der Waals surface area contributed by atoms with Crippen molar-refractivity contribution in [2.45, 2.75) is 0 Å². The predicted molar refractivity (Wildman–Crippen MR) is 114 cm³/mol. The van der Waals surface area contributed by atoms with Crippen LogP contribution >= 0.6 is 0 Å². The Morgan fingerprint density at radius 3 is 1.71 bits per heavy atom. The number of carbonyl (C=O) groups excluding carboxylic acids is 3.